The Bertz CT molecular complexity index is 672. The molecule has 154 valence electrons. The first-order chi connectivity index (χ1) is 13.3. The Hall–Kier alpha value is -2.14. The number of allylic oxidation sites excluding steroid dienone is 7. The van der Waals surface area contributed by atoms with Gasteiger partial charge in [0.25, 0.3) is 0 Å². The van der Waals surface area contributed by atoms with Gasteiger partial charge < -0.3 is 9.84 Å². The fourth-order valence-corrected chi connectivity index (χ4v) is 3.13. The van der Waals surface area contributed by atoms with E-state index in [0.717, 1.165) is 12.8 Å². The van der Waals surface area contributed by atoms with Gasteiger partial charge in [0.15, 0.2) is 0 Å². The summed E-state index contributed by atoms with van der Waals surface area (Å²) in [5.74, 6) is -1.74. The lowest BCUT2D eigenvalue weighted by atomic mass is 9.97. The van der Waals surface area contributed by atoms with Gasteiger partial charge >= 0.3 is 11.9 Å². The molecule has 0 fully saturated rings. The standard InChI is InChI=1S/C22H29ClO5/c1-3-4-5-6-7-8-10-17-15-20(23)22(27)19(17)12-9-11-18(28-16(2)24)13-14-21(25)26/h7-9,11-12,15,17-18H,3-6,10,13-14H2,1-2H3,(H,25,26). The molecule has 0 aliphatic heterocycles. The first-order valence-electron chi connectivity index (χ1n) is 9.69. The van der Waals surface area contributed by atoms with Crippen LogP contribution in [0.3, 0.4) is 0 Å². The summed E-state index contributed by atoms with van der Waals surface area (Å²) in [7, 11) is 0. The predicted molar refractivity (Wildman–Crippen MR) is 110 cm³/mol. The van der Waals surface area contributed by atoms with Crippen LogP contribution < -0.4 is 0 Å². The van der Waals surface area contributed by atoms with E-state index in [4.69, 9.17) is 21.4 Å². The first kappa shape index (κ1) is 23.9. The minimum Gasteiger partial charge on any atom is -0.481 e. The maximum atomic E-state index is 12.3. The van der Waals surface area contributed by atoms with Crippen molar-refractivity contribution in [2.45, 2.75) is 64.9 Å². The number of halogens is 1. The van der Waals surface area contributed by atoms with E-state index in [2.05, 4.69) is 19.1 Å². The molecule has 0 aromatic heterocycles. The molecule has 2 atom stereocenters. The zero-order chi connectivity index (χ0) is 20.9. The molecule has 0 aromatic rings. The fourth-order valence-electron chi connectivity index (χ4n) is 2.87. The summed E-state index contributed by atoms with van der Waals surface area (Å²) in [5.41, 5.74) is 0.583. The van der Waals surface area contributed by atoms with Crippen LogP contribution in [0.1, 0.15) is 58.8 Å². The topological polar surface area (TPSA) is 80.7 Å². The Morgan fingerprint density at radius 2 is 2.07 bits per heavy atom. The van der Waals surface area contributed by atoms with E-state index >= 15 is 0 Å². The Balaban J connectivity index is 2.74. The van der Waals surface area contributed by atoms with Crippen molar-refractivity contribution >= 4 is 29.3 Å². The van der Waals surface area contributed by atoms with Crippen molar-refractivity contribution in [1.82, 2.24) is 0 Å². The molecule has 1 rings (SSSR count). The molecular weight excluding hydrogens is 380 g/mol. The van der Waals surface area contributed by atoms with E-state index < -0.39 is 18.0 Å². The predicted octanol–water partition coefficient (Wildman–Crippen LogP) is 5.11. The monoisotopic (exact) mass is 408 g/mol. The van der Waals surface area contributed by atoms with Gasteiger partial charge in [0.05, 0.1) is 5.03 Å². The number of unbranched alkanes of at least 4 members (excludes halogenated alkanes) is 3. The smallest absolute Gasteiger partial charge is 0.303 e. The lowest BCUT2D eigenvalue weighted by Crippen LogP contribution is -2.15. The molecule has 0 heterocycles. The highest BCUT2D eigenvalue weighted by Gasteiger charge is 2.27. The van der Waals surface area contributed by atoms with E-state index in [1.54, 1.807) is 24.3 Å². The van der Waals surface area contributed by atoms with Crippen LogP contribution in [-0.4, -0.2) is 28.9 Å². The van der Waals surface area contributed by atoms with Crippen LogP contribution in [0.25, 0.3) is 0 Å². The van der Waals surface area contributed by atoms with Gasteiger partial charge in [0.2, 0.25) is 5.78 Å². The summed E-state index contributed by atoms with van der Waals surface area (Å²) in [6.45, 7) is 3.44. The normalized spacial score (nSPS) is 19.5. The van der Waals surface area contributed by atoms with Crippen molar-refractivity contribution in [2.24, 2.45) is 5.92 Å². The highest BCUT2D eigenvalue weighted by atomic mass is 35.5. The number of hydrogen-bond acceptors (Lipinski definition) is 4. The van der Waals surface area contributed by atoms with E-state index in [0.29, 0.717) is 12.0 Å². The molecule has 0 saturated heterocycles. The number of ether oxygens (including phenoxy) is 1. The number of Topliss-reactive ketones (excluding diaryl/α,β-unsaturated/α-hetero) is 1. The third kappa shape index (κ3) is 9.18. The van der Waals surface area contributed by atoms with Crippen LogP contribution in [0.15, 0.2) is 47.1 Å². The number of esters is 1. The molecule has 1 aliphatic carbocycles. The highest BCUT2D eigenvalue weighted by molar-refractivity contribution is 6.46. The third-order valence-corrected chi connectivity index (χ3v) is 4.62. The second kappa shape index (κ2) is 13.1. The molecule has 0 spiro atoms. The molecule has 0 bridgehead atoms. The quantitative estimate of drug-likeness (QED) is 0.210. The molecule has 5 nitrogen and oxygen atoms in total. The van der Waals surface area contributed by atoms with Crippen molar-refractivity contribution in [3.05, 3.63) is 47.1 Å². The van der Waals surface area contributed by atoms with Crippen molar-refractivity contribution in [3.8, 4) is 0 Å². The zero-order valence-electron chi connectivity index (χ0n) is 16.5. The number of carbonyl (C=O) groups is 3. The molecule has 0 amide bonds. The number of aliphatic carboxylic acids is 1. The Morgan fingerprint density at radius 1 is 1.32 bits per heavy atom. The summed E-state index contributed by atoms with van der Waals surface area (Å²) in [5, 5.41) is 9.01. The summed E-state index contributed by atoms with van der Waals surface area (Å²) in [6, 6.07) is 0. The average molecular weight is 409 g/mol. The molecule has 28 heavy (non-hydrogen) atoms. The Kier molecular flexibility index (Phi) is 11.2. The SMILES string of the molecule is CCCCCC=CCC1C=C(Cl)C(=O)C1=CC=CC(CCC(=O)O)OC(C)=O. The maximum absolute atomic E-state index is 12.3. The van der Waals surface area contributed by atoms with Crippen LogP contribution in [0, 0.1) is 5.92 Å². The molecular formula is C22H29ClO5. The van der Waals surface area contributed by atoms with Crippen molar-refractivity contribution < 1.29 is 24.2 Å². The first-order valence-corrected chi connectivity index (χ1v) is 10.1. The Labute approximate surface area is 171 Å². The minimum absolute atomic E-state index is 0.0849. The lowest BCUT2D eigenvalue weighted by molar-refractivity contribution is -0.146. The summed E-state index contributed by atoms with van der Waals surface area (Å²) < 4.78 is 5.10. The largest absolute Gasteiger partial charge is 0.481 e. The van der Waals surface area contributed by atoms with Gasteiger partial charge in [-0.15, -0.1) is 0 Å². The van der Waals surface area contributed by atoms with Crippen molar-refractivity contribution in [2.75, 3.05) is 0 Å². The molecule has 2 unspecified atom stereocenters. The number of hydrogen-bond donors (Lipinski definition) is 1. The maximum Gasteiger partial charge on any atom is 0.303 e. The van der Waals surface area contributed by atoms with Gasteiger partial charge in [-0.25, -0.2) is 0 Å². The Morgan fingerprint density at radius 3 is 2.71 bits per heavy atom. The van der Waals surface area contributed by atoms with E-state index in [9.17, 15) is 14.4 Å². The third-order valence-electron chi connectivity index (χ3n) is 4.32. The number of carbonyl (C=O) groups excluding carboxylic acids is 2. The number of carboxylic acid groups (broad SMARTS) is 1. The van der Waals surface area contributed by atoms with Crippen LogP contribution in [0.2, 0.25) is 0 Å². The van der Waals surface area contributed by atoms with Gasteiger partial charge in [-0.3, -0.25) is 14.4 Å². The zero-order valence-corrected chi connectivity index (χ0v) is 17.3. The number of ketones is 1. The van der Waals surface area contributed by atoms with Gasteiger partial charge in [-0.2, -0.15) is 0 Å². The van der Waals surface area contributed by atoms with Crippen molar-refractivity contribution in [3.63, 3.8) is 0 Å². The van der Waals surface area contributed by atoms with Crippen LogP contribution in [0.5, 0.6) is 0 Å². The van der Waals surface area contributed by atoms with E-state index in [1.165, 1.54) is 19.8 Å². The lowest BCUT2D eigenvalue weighted by Gasteiger charge is -2.11. The number of rotatable bonds is 12. The van der Waals surface area contributed by atoms with Crippen LogP contribution in [-0.2, 0) is 19.1 Å². The van der Waals surface area contributed by atoms with Gasteiger partial charge in [-0.1, -0.05) is 61.7 Å². The average Bonchev–Trinajstić information content (AvgIpc) is 2.89. The fraction of sp³-hybridized carbons (Fsp3) is 0.500. The summed E-state index contributed by atoms with van der Waals surface area (Å²) >= 11 is 6.02. The van der Waals surface area contributed by atoms with Crippen molar-refractivity contribution in [1.29, 1.82) is 0 Å². The molecule has 1 N–H and O–H groups in total. The van der Waals surface area contributed by atoms with Gasteiger partial charge in [0, 0.05) is 24.8 Å². The molecule has 0 radical (unpaired) electrons. The molecule has 0 aromatic carbocycles. The van der Waals surface area contributed by atoms with E-state index in [-0.39, 0.29) is 29.6 Å². The van der Waals surface area contributed by atoms with Gasteiger partial charge in [0.1, 0.15) is 6.10 Å². The van der Waals surface area contributed by atoms with Crippen LogP contribution >= 0.6 is 11.6 Å². The summed E-state index contributed by atoms with van der Waals surface area (Å²) in [6.07, 6.45) is 15.5. The van der Waals surface area contributed by atoms with E-state index in [1.807, 2.05) is 0 Å². The summed E-state index contributed by atoms with van der Waals surface area (Å²) in [4.78, 5) is 34.2. The molecule has 6 heteroatoms. The second-order valence-corrected chi connectivity index (χ2v) is 7.15. The van der Waals surface area contributed by atoms with Gasteiger partial charge in [-0.05, 0) is 31.8 Å². The number of carboxylic acids is 1. The minimum atomic E-state index is -0.961. The second-order valence-electron chi connectivity index (χ2n) is 6.74. The molecule has 1 aliphatic rings. The van der Waals surface area contributed by atoms with Crippen LogP contribution in [0.4, 0.5) is 0 Å². The highest BCUT2D eigenvalue weighted by Crippen LogP contribution is 2.32. The molecule has 0 saturated carbocycles.